The first-order valence-electron chi connectivity index (χ1n) is 14.7. The molecule has 5 rings (SSSR count). The third kappa shape index (κ3) is 3.19. The number of allylic oxidation sites excluding steroid dienone is 1. The van der Waals surface area contributed by atoms with Gasteiger partial charge in [-0.25, -0.2) is 0 Å². The molecule has 0 saturated heterocycles. The second-order valence-electron chi connectivity index (χ2n) is 15.8. The largest absolute Gasteiger partial charge is 0.393 e. The highest BCUT2D eigenvalue weighted by Crippen LogP contribution is 2.75. The summed E-state index contributed by atoms with van der Waals surface area (Å²) >= 11 is 0. The van der Waals surface area contributed by atoms with E-state index in [2.05, 4.69) is 68.4 Å². The van der Waals surface area contributed by atoms with Crippen LogP contribution in [0.4, 0.5) is 0 Å². The second-order valence-corrected chi connectivity index (χ2v) is 15.8. The van der Waals surface area contributed by atoms with E-state index in [4.69, 9.17) is 4.74 Å². The van der Waals surface area contributed by atoms with Crippen LogP contribution in [0, 0.1) is 50.2 Å². The van der Waals surface area contributed by atoms with E-state index < -0.39 is 0 Å². The van der Waals surface area contributed by atoms with Crippen molar-refractivity contribution in [2.75, 3.05) is 6.61 Å². The fraction of sp³-hybridized carbons (Fsp3) is 0.938. The normalized spacial score (nSPS) is 53.6. The molecule has 0 aromatic carbocycles. The van der Waals surface area contributed by atoms with Crippen LogP contribution >= 0.6 is 0 Å². The van der Waals surface area contributed by atoms with Crippen molar-refractivity contribution in [1.82, 2.24) is 0 Å². The van der Waals surface area contributed by atoms with Crippen molar-refractivity contribution >= 4 is 0 Å². The lowest BCUT2D eigenvalue weighted by Crippen LogP contribution is -2.67. The van der Waals surface area contributed by atoms with Crippen LogP contribution in [0.15, 0.2) is 11.6 Å². The monoisotopic (exact) mass is 470 g/mol. The second kappa shape index (κ2) is 7.59. The SMILES string of the molecule is CCO[C@@H]1C=C2C3CC(C)(C)CC[C@]3(C)CC[C@@]2(C)[C@]2(C)CCC3C(C)(C)[C@@H](O)CC[C@]3(C)C12. The zero-order valence-electron chi connectivity index (χ0n) is 23.9. The van der Waals surface area contributed by atoms with Gasteiger partial charge < -0.3 is 9.84 Å². The lowest BCUT2D eigenvalue weighted by atomic mass is 9.33. The Balaban J connectivity index is 1.66. The molecule has 194 valence electrons. The van der Waals surface area contributed by atoms with Crippen LogP contribution in [0.5, 0.6) is 0 Å². The summed E-state index contributed by atoms with van der Waals surface area (Å²) in [6.45, 7) is 23.2. The highest BCUT2D eigenvalue weighted by Gasteiger charge is 2.69. The molecule has 5 aliphatic carbocycles. The molecule has 2 nitrogen and oxygen atoms in total. The Morgan fingerprint density at radius 3 is 2.24 bits per heavy atom. The molecule has 0 bridgehead atoms. The number of aliphatic hydroxyl groups excluding tert-OH is 1. The molecule has 34 heavy (non-hydrogen) atoms. The molecule has 0 aromatic heterocycles. The summed E-state index contributed by atoms with van der Waals surface area (Å²) in [5.74, 6) is 1.79. The average molecular weight is 471 g/mol. The quantitative estimate of drug-likeness (QED) is 0.412. The van der Waals surface area contributed by atoms with Gasteiger partial charge in [0.2, 0.25) is 0 Å². The molecule has 4 fully saturated rings. The summed E-state index contributed by atoms with van der Waals surface area (Å²) in [6, 6.07) is 0. The fourth-order valence-corrected chi connectivity index (χ4v) is 10.9. The molecule has 4 saturated carbocycles. The van der Waals surface area contributed by atoms with E-state index in [0.717, 1.165) is 19.4 Å². The predicted octanol–water partition coefficient (Wildman–Crippen LogP) is 8.18. The molecule has 0 aliphatic heterocycles. The van der Waals surface area contributed by atoms with E-state index in [1.165, 1.54) is 44.9 Å². The van der Waals surface area contributed by atoms with Crippen molar-refractivity contribution in [1.29, 1.82) is 0 Å². The van der Waals surface area contributed by atoms with Gasteiger partial charge in [0, 0.05) is 12.5 Å². The Morgan fingerprint density at radius 2 is 1.56 bits per heavy atom. The Hall–Kier alpha value is -0.340. The molecule has 0 amide bonds. The first kappa shape index (κ1) is 25.3. The highest BCUT2D eigenvalue weighted by molar-refractivity contribution is 5.35. The van der Waals surface area contributed by atoms with Gasteiger partial charge in [-0.15, -0.1) is 0 Å². The van der Waals surface area contributed by atoms with Crippen LogP contribution in [0.25, 0.3) is 0 Å². The number of rotatable bonds is 2. The van der Waals surface area contributed by atoms with Crippen molar-refractivity contribution in [2.45, 2.75) is 132 Å². The number of ether oxygens (including phenoxy) is 1. The zero-order valence-corrected chi connectivity index (χ0v) is 23.9. The molecule has 3 unspecified atom stereocenters. The molecular weight excluding hydrogens is 416 g/mol. The highest BCUT2D eigenvalue weighted by atomic mass is 16.5. The summed E-state index contributed by atoms with van der Waals surface area (Å²) in [5, 5.41) is 11.0. The molecule has 0 spiro atoms. The number of fused-ring (bicyclic) bond motifs is 7. The van der Waals surface area contributed by atoms with Gasteiger partial charge in [-0.1, -0.05) is 67.0 Å². The third-order valence-corrected chi connectivity index (χ3v) is 13.3. The zero-order chi connectivity index (χ0) is 24.9. The number of hydrogen-bond donors (Lipinski definition) is 1. The van der Waals surface area contributed by atoms with Crippen molar-refractivity contribution in [3.63, 3.8) is 0 Å². The smallest absolute Gasteiger partial charge is 0.0797 e. The van der Waals surface area contributed by atoms with E-state index in [1.54, 1.807) is 5.57 Å². The lowest BCUT2D eigenvalue weighted by Gasteiger charge is -2.72. The summed E-state index contributed by atoms with van der Waals surface area (Å²) in [6.07, 6.45) is 14.1. The van der Waals surface area contributed by atoms with Crippen molar-refractivity contribution in [3.05, 3.63) is 11.6 Å². The van der Waals surface area contributed by atoms with Gasteiger partial charge in [0.1, 0.15) is 0 Å². The summed E-state index contributed by atoms with van der Waals surface area (Å²) < 4.78 is 6.75. The molecule has 2 heteroatoms. The molecule has 9 atom stereocenters. The van der Waals surface area contributed by atoms with Gasteiger partial charge in [-0.3, -0.25) is 0 Å². The van der Waals surface area contributed by atoms with E-state index in [-0.39, 0.29) is 33.9 Å². The molecular formula is C32H54O2. The lowest BCUT2D eigenvalue weighted by molar-refractivity contribution is -0.230. The summed E-state index contributed by atoms with van der Waals surface area (Å²) in [4.78, 5) is 0. The van der Waals surface area contributed by atoms with Crippen LogP contribution in [0.2, 0.25) is 0 Å². The van der Waals surface area contributed by atoms with Gasteiger partial charge in [0.25, 0.3) is 0 Å². The molecule has 0 aromatic rings. The Bertz CT molecular complexity index is 855. The Kier molecular flexibility index (Phi) is 5.65. The van der Waals surface area contributed by atoms with Crippen LogP contribution in [-0.2, 0) is 4.74 Å². The van der Waals surface area contributed by atoms with Gasteiger partial charge in [-0.05, 0) is 109 Å². The molecule has 0 heterocycles. The van der Waals surface area contributed by atoms with Crippen LogP contribution < -0.4 is 0 Å². The standard InChI is InChI=1S/C32H54O2/c1-10-34-23-19-21-22-20-27(2,3)15-16-29(22,6)17-18-31(21,8)32(9)14-11-24-28(4,5)25(33)12-13-30(24,7)26(23)32/h19,22-26,33H,10-18,20H2,1-9H3/t22?,23-,24?,25+,26?,29-,30+,31-,32-/m1/s1. The Morgan fingerprint density at radius 1 is 0.882 bits per heavy atom. The van der Waals surface area contributed by atoms with E-state index >= 15 is 0 Å². The Labute approximate surface area is 210 Å². The summed E-state index contributed by atoms with van der Waals surface area (Å²) in [7, 11) is 0. The molecule has 5 aliphatic rings. The first-order chi connectivity index (χ1) is 15.6. The predicted molar refractivity (Wildman–Crippen MR) is 142 cm³/mol. The van der Waals surface area contributed by atoms with Gasteiger partial charge in [0.15, 0.2) is 0 Å². The van der Waals surface area contributed by atoms with Crippen LogP contribution in [0.1, 0.15) is 120 Å². The van der Waals surface area contributed by atoms with Crippen LogP contribution in [0.3, 0.4) is 0 Å². The van der Waals surface area contributed by atoms with E-state index in [1.807, 2.05) is 0 Å². The fourth-order valence-electron chi connectivity index (χ4n) is 10.9. The van der Waals surface area contributed by atoms with Gasteiger partial charge >= 0.3 is 0 Å². The maximum Gasteiger partial charge on any atom is 0.0797 e. The van der Waals surface area contributed by atoms with Crippen molar-refractivity contribution in [3.8, 4) is 0 Å². The summed E-state index contributed by atoms with van der Waals surface area (Å²) in [5.41, 5.74) is 3.39. The number of aliphatic hydroxyl groups is 1. The molecule has 0 radical (unpaired) electrons. The van der Waals surface area contributed by atoms with Crippen molar-refractivity contribution in [2.24, 2.45) is 50.2 Å². The topological polar surface area (TPSA) is 29.5 Å². The third-order valence-electron chi connectivity index (χ3n) is 13.3. The van der Waals surface area contributed by atoms with E-state index in [9.17, 15) is 5.11 Å². The minimum atomic E-state index is -0.175. The number of hydrogen-bond acceptors (Lipinski definition) is 2. The maximum atomic E-state index is 11.0. The minimum Gasteiger partial charge on any atom is -0.393 e. The maximum absolute atomic E-state index is 11.0. The minimum absolute atomic E-state index is 0.0193. The van der Waals surface area contributed by atoms with E-state index in [0.29, 0.717) is 28.6 Å². The van der Waals surface area contributed by atoms with Gasteiger partial charge in [-0.2, -0.15) is 0 Å². The van der Waals surface area contributed by atoms with Crippen molar-refractivity contribution < 1.29 is 9.84 Å². The van der Waals surface area contributed by atoms with Gasteiger partial charge in [0.05, 0.1) is 12.2 Å². The first-order valence-corrected chi connectivity index (χ1v) is 14.7. The average Bonchev–Trinajstić information content (AvgIpc) is 2.74. The van der Waals surface area contributed by atoms with Crippen LogP contribution in [-0.4, -0.2) is 23.9 Å². The molecule has 1 N–H and O–H groups in total.